The molecule has 0 radical (unpaired) electrons. The number of fused-ring (bicyclic) bond motifs is 1. The maximum atomic E-state index is 13.4. The van der Waals surface area contributed by atoms with E-state index in [2.05, 4.69) is 21.3 Å². The minimum Gasteiger partial charge on any atom is -0.305 e. The predicted octanol–water partition coefficient (Wildman–Crippen LogP) is 2.85. The van der Waals surface area contributed by atoms with E-state index in [1.807, 2.05) is 32.3 Å². The van der Waals surface area contributed by atoms with Crippen LogP contribution in [0.5, 0.6) is 0 Å². The number of nitrogens with zero attached hydrogens (tertiary/aromatic N) is 5. The summed E-state index contributed by atoms with van der Waals surface area (Å²) >= 11 is 0. The van der Waals surface area contributed by atoms with E-state index in [-0.39, 0.29) is 23.5 Å². The van der Waals surface area contributed by atoms with Crippen LogP contribution in [0.1, 0.15) is 21.6 Å². The van der Waals surface area contributed by atoms with Crippen molar-refractivity contribution in [2.24, 2.45) is 0 Å². The highest BCUT2D eigenvalue weighted by Gasteiger charge is 2.31. The van der Waals surface area contributed by atoms with Gasteiger partial charge in [0.25, 0.3) is 5.91 Å². The molecule has 6 nitrogen and oxygen atoms in total. The van der Waals surface area contributed by atoms with Crippen molar-refractivity contribution in [1.29, 1.82) is 0 Å². The average Bonchev–Trinajstić information content (AvgIpc) is 3.16. The van der Waals surface area contributed by atoms with Crippen LogP contribution in [0.4, 0.5) is 10.1 Å². The summed E-state index contributed by atoms with van der Waals surface area (Å²) in [6, 6.07) is 12.6. The summed E-state index contributed by atoms with van der Waals surface area (Å²) in [5.41, 5.74) is 3.73. The summed E-state index contributed by atoms with van der Waals surface area (Å²) in [5, 5.41) is 8.18. The van der Waals surface area contributed by atoms with Crippen LogP contribution < -0.4 is 4.90 Å². The lowest BCUT2D eigenvalue weighted by molar-refractivity contribution is 0.0971. The van der Waals surface area contributed by atoms with Gasteiger partial charge in [-0.25, -0.2) is 9.07 Å². The van der Waals surface area contributed by atoms with Gasteiger partial charge in [0.15, 0.2) is 5.69 Å². The van der Waals surface area contributed by atoms with Gasteiger partial charge < -0.3 is 9.80 Å². The second-order valence-corrected chi connectivity index (χ2v) is 7.35. The number of carbonyl (C=O) groups is 1. The summed E-state index contributed by atoms with van der Waals surface area (Å²) in [7, 11) is 4.05. The molecule has 0 bridgehead atoms. The number of anilines is 1. The highest BCUT2D eigenvalue weighted by molar-refractivity contribution is 6.05. The summed E-state index contributed by atoms with van der Waals surface area (Å²) in [6.45, 7) is 2.38. The highest BCUT2D eigenvalue weighted by Crippen LogP contribution is 2.29. The van der Waals surface area contributed by atoms with Gasteiger partial charge in [-0.05, 0) is 62.8 Å². The second kappa shape index (κ2) is 7.16. The Balaban J connectivity index is 1.67. The number of likely N-dealkylation sites (N-methyl/N-ethyl adjacent to an activating group) is 1. The van der Waals surface area contributed by atoms with Crippen molar-refractivity contribution in [3.05, 3.63) is 71.3 Å². The Morgan fingerprint density at radius 1 is 1.18 bits per heavy atom. The maximum absolute atomic E-state index is 13.4. The van der Waals surface area contributed by atoms with Crippen molar-refractivity contribution in [2.45, 2.75) is 19.4 Å². The van der Waals surface area contributed by atoms with Crippen molar-refractivity contribution in [1.82, 2.24) is 19.9 Å². The van der Waals surface area contributed by atoms with E-state index < -0.39 is 0 Å². The van der Waals surface area contributed by atoms with E-state index in [0.29, 0.717) is 12.2 Å². The molecular weight excluding hydrogens is 357 g/mol. The highest BCUT2D eigenvalue weighted by atomic mass is 19.1. The molecule has 1 amide bonds. The standard InChI is InChI=1S/C21H22FN5O/c1-14-10-16(22)8-9-19(14)27-13-18(23-24-27)21(28)26-12-17(25(2)3)11-15-6-4-5-7-20(15)26/h4-10,13,17H,11-12H2,1-3H3. The van der Waals surface area contributed by atoms with E-state index >= 15 is 0 Å². The Hall–Kier alpha value is -3.06. The number of hydrogen-bond donors (Lipinski definition) is 0. The molecule has 0 spiro atoms. The molecule has 3 aromatic rings. The quantitative estimate of drug-likeness (QED) is 0.702. The number of para-hydroxylation sites is 1. The fraction of sp³-hybridized carbons (Fsp3) is 0.286. The Bertz CT molecular complexity index is 1030. The van der Waals surface area contributed by atoms with Crippen molar-refractivity contribution < 1.29 is 9.18 Å². The summed E-state index contributed by atoms with van der Waals surface area (Å²) < 4.78 is 14.9. The van der Waals surface area contributed by atoms with Gasteiger partial charge in [0.1, 0.15) is 5.82 Å². The number of benzene rings is 2. The second-order valence-electron chi connectivity index (χ2n) is 7.35. The first-order chi connectivity index (χ1) is 13.4. The van der Waals surface area contributed by atoms with Crippen molar-refractivity contribution in [2.75, 3.05) is 25.5 Å². The number of aryl methyl sites for hydroxylation is 1. The summed E-state index contributed by atoms with van der Waals surface area (Å²) in [4.78, 5) is 17.2. The molecule has 1 aliphatic rings. The minimum absolute atomic E-state index is 0.190. The monoisotopic (exact) mass is 379 g/mol. The topological polar surface area (TPSA) is 54.3 Å². The zero-order valence-corrected chi connectivity index (χ0v) is 16.1. The lowest BCUT2D eigenvalue weighted by Crippen LogP contribution is -2.48. The number of aromatic nitrogens is 3. The van der Waals surface area contributed by atoms with Gasteiger partial charge in [-0.15, -0.1) is 5.10 Å². The smallest absolute Gasteiger partial charge is 0.280 e. The van der Waals surface area contributed by atoms with Gasteiger partial charge in [-0.1, -0.05) is 23.4 Å². The van der Waals surface area contributed by atoms with Gasteiger partial charge in [-0.2, -0.15) is 0 Å². The first kappa shape index (κ1) is 18.3. The molecule has 2 heterocycles. The minimum atomic E-state index is -0.308. The molecule has 2 aromatic carbocycles. The zero-order chi connectivity index (χ0) is 19.8. The van der Waals surface area contributed by atoms with Crippen LogP contribution in [0.3, 0.4) is 0 Å². The molecule has 1 aromatic heterocycles. The van der Waals surface area contributed by atoms with Crippen molar-refractivity contribution in [3.8, 4) is 5.69 Å². The van der Waals surface area contributed by atoms with E-state index in [1.54, 1.807) is 24.1 Å². The number of rotatable bonds is 3. The Morgan fingerprint density at radius 3 is 2.71 bits per heavy atom. The molecule has 28 heavy (non-hydrogen) atoms. The Kier molecular flexibility index (Phi) is 4.68. The van der Waals surface area contributed by atoms with Crippen LogP contribution in [0, 0.1) is 12.7 Å². The number of hydrogen-bond acceptors (Lipinski definition) is 4. The molecule has 4 rings (SSSR count). The molecule has 0 fully saturated rings. The number of amides is 1. The lowest BCUT2D eigenvalue weighted by Gasteiger charge is -2.37. The van der Waals surface area contributed by atoms with Gasteiger partial charge in [0, 0.05) is 18.3 Å². The molecule has 7 heteroatoms. The fourth-order valence-electron chi connectivity index (χ4n) is 3.61. The first-order valence-electron chi connectivity index (χ1n) is 9.19. The predicted molar refractivity (Wildman–Crippen MR) is 105 cm³/mol. The van der Waals surface area contributed by atoms with Crippen LogP contribution in [0.25, 0.3) is 5.69 Å². The third kappa shape index (κ3) is 3.29. The normalized spacial score (nSPS) is 16.3. The molecule has 1 unspecified atom stereocenters. The average molecular weight is 379 g/mol. The molecule has 0 aliphatic carbocycles. The Labute approximate surface area is 163 Å². The summed E-state index contributed by atoms with van der Waals surface area (Å²) in [6.07, 6.45) is 2.50. The van der Waals surface area contributed by atoms with Crippen LogP contribution in [-0.2, 0) is 6.42 Å². The van der Waals surface area contributed by atoms with Gasteiger partial charge in [0.2, 0.25) is 0 Å². The third-order valence-corrected chi connectivity index (χ3v) is 5.22. The fourth-order valence-corrected chi connectivity index (χ4v) is 3.61. The van der Waals surface area contributed by atoms with E-state index in [9.17, 15) is 9.18 Å². The van der Waals surface area contributed by atoms with Crippen LogP contribution in [-0.4, -0.2) is 52.5 Å². The Morgan fingerprint density at radius 2 is 1.96 bits per heavy atom. The van der Waals surface area contributed by atoms with Crippen molar-refractivity contribution in [3.63, 3.8) is 0 Å². The van der Waals surface area contributed by atoms with Crippen molar-refractivity contribution >= 4 is 11.6 Å². The maximum Gasteiger partial charge on any atom is 0.280 e. The SMILES string of the molecule is Cc1cc(F)ccc1-n1cc(C(=O)N2CC(N(C)C)Cc3ccccc32)nn1. The van der Waals surface area contributed by atoms with E-state index in [4.69, 9.17) is 0 Å². The number of carbonyl (C=O) groups excluding carboxylic acids is 1. The zero-order valence-electron chi connectivity index (χ0n) is 16.1. The molecule has 0 saturated carbocycles. The van der Waals surface area contributed by atoms with E-state index in [0.717, 1.165) is 23.2 Å². The number of halogens is 1. The molecule has 1 atom stereocenters. The van der Waals surface area contributed by atoms with Gasteiger partial charge >= 0.3 is 0 Å². The first-order valence-corrected chi connectivity index (χ1v) is 9.19. The molecule has 144 valence electrons. The molecule has 1 aliphatic heterocycles. The van der Waals surface area contributed by atoms with Crippen LogP contribution in [0.2, 0.25) is 0 Å². The molecular formula is C21H22FN5O. The molecule has 0 saturated heterocycles. The van der Waals surface area contributed by atoms with Gasteiger partial charge in [0.05, 0.1) is 11.9 Å². The largest absolute Gasteiger partial charge is 0.305 e. The molecule has 0 N–H and O–H groups in total. The van der Waals surface area contributed by atoms with Crippen LogP contribution in [0.15, 0.2) is 48.7 Å². The third-order valence-electron chi connectivity index (χ3n) is 5.22. The van der Waals surface area contributed by atoms with Gasteiger partial charge in [-0.3, -0.25) is 4.79 Å². The van der Waals surface area contributed by atoms with E-state index in [1.165, 1.54) is 16.8 Å². The summed E-state index contributed by atoms with van der Waals surface area (Å²) in [5.74, 6) is -0.498. The van der Waals surface area contributed by atoms with Crippen LogP contribution >= 0.6 is 0 Å². The lowest BCUT2D eigenvalue weighted by atomic mass is 9.97.